The summed E-state index contributed by atoms with van der Waals surface area (Å²) in [6.45, 7) is 3.49. The van der Waals surface area contributed by atoms with Crippen molar-refractivity contribution in [1.29, 1.82) is 0 Å². The van der Waals surface area contributed by atoms with Crippen LogP contribution >= 0.6 is 0 Å². The number of carbonyl (C=O) groups is 3. The van der Waals surface area contributed by atoms with Gasteiger partial charge in [-0.1, -0.05) is 36.8 Å². The zero-order valence-corrected chi connectivity index (χ0v) is 15.9. The number of urea groups is 1. The zero-order chi connectivity index (χ0) is 19.2. The largest absolute Gasteiger partial charge is 0.352 e. The molecule has 0 aromatic heterocycles. The van der Waals surface area contributed by atoms with Crippen molar-refractivity contribution in [3.63, 3.8) is 0 Å². The van der Waals surface area contributed by atoms with Gasteiger partial charge in [-0.15, -0.1) is 0 Å². The van der Waals surface area contributed by atoms with E-state index < -0.39 is 11.6 Å². The second kappa shape index (κ2) is 6.66. The minimum Gasteiger partial charge on any atom is -0.352 e. The fourth-order valence-corrected chi connectivity index (χ4v) is 5.26. The van der Waals surface area contributed by atoms with Gasteiger partial charge >= 0.3 is 6.03 Å². The van der Waals surface area contributed by atoms with Crippen LogP contribution in [0.3, 0.4) is 0 Å². The van der Waals surface area contributed by atoms with Gasteiger partial charge in [-0.3, -0.25) is 14.5 Å². The molecule has 6 heteroatoms. The molecule has 3 fully saturated rings. The van der Waals surface area contributed by atoms with Gasteiger partial charge < -0.3 is 10.6 Å². The van der Waals surface area contributed by atoms with Gasteiger partial charge in [-0.05, 0) is 56.4 Å². The number of imide groups is 1. The van der Waals surface area contributed by atoms with Crippen LogP contribution in [0.4, 0.5) is 4.79 Å². The molecule has 2 N–H and O–H groups in total. The highest BCUT2D eigenvalue weighted by molar-refractivity contribution is 6.09. The van der Waals surface area contributed by atoms with Crippen LogP contribution in [0.2, 0.25) is 0 Å². The Morgan fingerprint density at radius 2 is 2.00 bits per heavy atom. The fraction of sp³-hybridized carbons (Fsp3) is 0.571. The molecule has 0 spiro atoms. The topological polar surface area (TPSA) is 78.5 Å². The van der Waals surface area contributed by atoms with Crippen molar-refractivity contribution in [3.05, 3.63) is 35.9 Å². The van der Waals surface area contributed by atoms with Crippen molar-refractivity contribution in [2.24, 2.45) is 17.8 Å². The Morgan fingerprint density at radius 1 is 1.26 bits per heavy atom. The summed E-state index contributed by atoms with van der Waals surface area (Å²) >= 11 is 0. The maximum atomic E-state index is 12.9. The van der Waals surface area contributed by atoms with Gasteiger partial charge in [0.15, 0.2) is 0 Å². The smallest absolute Gasteiger partial charge is 0.325 e. The minimum absolute atomic E-state index is 0.0778. The number of fused-ring (bicyclic) bond motifs is 2. The van der Waals surface area contributed by atoms with E-state index in [0.717, 1.165) is 10.8 Å². The first kappa shape index (κ1) is 18.0. The van der Waals surface area contributed by atoms with E-state index >= 15 is 0 Å². The van der Waals surface area contributed by atoms with Gasteiger partial charge in [0.05, 0.1) is 0 Å². The van der Waals surface area contributed by atoms with Crippen molar-refractivity contribution in [2.75, 3.05) is 6.54 Å². The number of amides is 4. The number of benzene rings is 1. The second-order valence-electron chi connectivity index (χ2n) is 8.51. The Bertz CT molecular complexity index is 765. The predicted octanol–water partition coefficient (Wildman–Crippen LogP) is 2.39. The standard InChI is InChI=1S/C21H27N3O3/c1-13(17-11-14-8-9-15(17)10-14)22-18(25)12-24-19(26)21(2,23-20(24)27)16-6-4-3-5-7-16/h3-7,13-15,17H,8-12H2,1-2H3,(H,22,25)(H,23,27). The number of nitrogens with one attached hydrogen (secondary N) is 2. The summed E-state index contributed by atoms with van der Waals surface area (Å²) in [7, 11) is 0. The quantitative estimate of drug-likeness (QED) is 0.782. The molecule has 0 radical (unpaired) electrons. The molecule has 1 aromatic rings. The molecular formula is C21H27N3O3. The van der Waals surface area contributed by atoms with Gasteiger partial charge in [0.1, 0.15) is 12.1 Å². The van der Waals surface area contributed by atoms with Crippen LogP contribution in [0.1, 0.15) is 45.1 Å². The lowest BCUT2D eigenvalue weighted by atomic mass is 9.84. The molecule has 144 valence electrons. The van der Waals surface area contributed by atoms with Crippen molar-refractivity contribution >= 4 is 17.8 Å². The number of hydrogen-bond acceptors (Lipinski definition) is 3. The molecule has 1 aliphatic heterocycles. The molecule has 5 atom stereocenters. The van der Waals surface area contributed by atoms with Crippen LogP contribution in [0.25, 0.3) is 0 Å². The molecule has 4 amide bonds. The van der Waals surface area contributed by atoms with Gasteiger partial charge in [-0.25, -0.2) is 4.79 Å². The van der Waals surface area contributed by atoms with Crippen molar-refractivity contribution < 1.29 is 14.4 Å². The molecule has 2 aliphatic carbocycles. The third-order valence-corrected chi connectivity index (χ3v) is 6.75. The van der Waals surface area contributed by atoms with Gasteiger partial charge in [-0.2, -0.15) is 0 Å². The van der Waals surface area contributed by atoms with Crippen LogP contribution in [0.15, 0.2) is 30.3 Å². The summed E-state index contributed by atoms with van der Waals surface area (Å²) in [4.78, 5) is 38.8. The summed E-state index contributed by atoms with van der Waals surface area (Å²) in [6.07, 6.45) is 5.05. The minimum atomic E-state index is -1.13. The van der Waals surface area contributed by atoms with Crippen LogP contribution in [0, 0.1) is 17.8 Å². The average Bonchev–Trinajstić information content (AvgIpc) is 3.34. The first-order chi connectivity index (χ1) is 12.9. The molecule has 1 saturated heterocycles. The van der Waals surface area contributed by atoms with E-state index in [2.05, 4.69) is 10.6 Å². The average molecular weight is 369 g/mol. The Labute approximate surface area is 159 Å². The van der Waals surface area contributed by atoms with Crippen LogP contribution < -0.4 is 10.6 Å². The lowest BCUT2D eigenvalue weighted by molar-refractivity contribution is -0.135. The third kappa shape index (κ3) is 3.11. The molecule has 2 bridgehead atoms. The number of nitrogens with zero attached hydrogens (tertiary/aromatic N) is 1. The lowest BCUT2D eigenvalue weighted by Gasteiger charge is -2.29. The summed E-state index contributed by atoms with van der Waals surface area (Å²) < 4.78 is 0. The van der Waals surface area contributed by atoms with E-state index in [4.69, 9.17) is 0 Å². The van der Waals surface area contributed by atoms with E-state index in [0.29, 0.717) is 17.4 Å². The highest BCUT2D eigenvalue weighted by Crippen LogP contribution is 2.49. The molecule has 6 nitrogen and oxygen atoms in total. The maximum absolute atomic E-state index is 12.9. The summed E-state index contributed by atoms with van der Waals surface area (Å²) in [5, 5.41) is 5.77. The highest BCUT2D eigenvalue weighted by Gasteiger charge is 2.49. The number of hydrogen-bond donors (Lipinski definition) is 2. The first-order valence-electron chi connectivity index (χ1n) is 9.87. The van der Waals surface area contributed by atoms with E-state index in [9.17, 15) is 14.4 Å². The Hall–Kier alpha value is -2.37. The number of carbonyl (C=O) groups excluding carboxylic acids is 3. The lowest BCUT2D eigenvalue weighted by Crippen LogP contribution is -2.47. The van der Waals surface area contributed by atoms with E-state index in [1.807, 2.05) is 25.1 Å². The summed E-state index contributed by atoms with van der Waals surface area (Å²) in [5.41, 5.74) is -0.420. The Morgan fingerprint density at radius 3 is 2.63 bits per heavy atom. The monoisotopic (exact) mass is 369 g/mol. The van der Waals surface area contributed by atoms with Crippen molar-refractivity contribution in [1.82, 2.24) is 15.5 Å². The van der Waals surface area contributed by atoms with Gasteiger partial charge in [0.25, 0.3) is 5.91 Å². The molecule has 27 heavy (non-hydrogen) atoms. The molecule has 1 aromatic carbocycles. The number of rotatable bonds is 5. The first-order valence-corrected chi connectivity index (χ1v) is 9.87. The Balaban J connectivity index is 1.39. The third-order valence-electron chi connectivity index (χ3n) is 6.75. The summed E-state index contributed by atoms with van der Waals surface area (Å²) in [5.74, 6) is 1.39. The fourth-order valence-electron chi connectivity index (χ4n) is 5.26. The van der Waals surface area contributed by atoms with Gasteiger partial charge in [0.2, 0.25) is 5.91 Å². The molecule has 5 unspecified atom stereocenters. The van der Waals surface area contributed by atoms with Crippen LogP contribution in [0.5, 0.6) is 0 Å². The highest BCUT2D eigenvalue weighted by atomic mass is 16.2. The van der Waals surface area contributed by atoms with Crippen molar-refractivity contribution in [3.8, 4) is 0 Å². The normalized spacial score (nSPS) is 33.3. The Kier molecular flexibility index (Phi) is 4.44. The molecular weight excluding hydrogens is 342 g/mol. The van der Waals surface area contributed by atoms with E-state index in [1.54, 1.807) is 19.1 Å². The van der Waals surface area contributed by atoms with Crippen LogP contribution in [-0.4, -0.2) is 35.3 Å². The van der Waals surface area contributed by atoms with E-state index in [1.165, 1.54) is 25.7 Å². The zero-order valence-electron chi connectivity index (χ0n) is 15.9. The predicted molar refractivity (Wildman–Crippen MR) is 101 cm³/mol. The molecule has 4 rings (SSSR count). The second-order valence-corrected chi connectivity index (χ2v) is 8.51. The molecule has 3 aliphatic rings. The van der Waals surface area contributed by atoms with Crippen LogP contribution in [-0.2, 0) is 15.1 Å². The molecule has 1 heterocycles. The van der Waals surface area contributed by atoms with Gasteiger partial charge in [0, 0.05) is 6.04 Å². The van der Waals surface area contributed by atoms with E-state index in [-0.39, 0.29) is 24.4 Å². The SMILES string of the molecule is CC(NC(=O)CN1C(=O)NC(C)(c2ccccc2)C1=O)C1CC2CCC1C2. The summed E-state index contributed by atoms with van der Waals surface area (Å²) in [6, 6.07) is 8.68. The maximum Gasteiger partial charge on any atom is 0.325 e. The van der Waals surface area contributed by atoms with Crippen molar-refractivity contribution in [2.45, 2.75) is 51.1 Å². The molecule has 2 saturated carbocycles.